The molecule has 1 aliphatic rings. The number of nitrogens with one attached hydrogen (secondary N) is 2. The lowest BCUT2D eigenvalue weighted by atomic mass is 10.0. The van der Waals surface area contributed by atoms with Crippen molar-refractivity contribution in [1.82, 2.24) is 20.0 Å². The van der Waals surface area contributed by atoms with Crippen molar-refractivity contribution in [3.63, 3.8) is 0 Å². The molecule has 2 N–H and O–H groups in total. The van der Waals surface area contributed by atoms with Gasteiger partial charge in [0.05, 0.1) is 23.9 Å². The van der Waals surface area contributed by atoms with E-state index in [1.165, 1.54) is 12.8 Å². The quantitative estimate of drug-likeness (QED) is 0.568. The first-order valence-corrected chi connectivity index (χ1v) is 10.7. The van der Waals surface area contributed by atoms with Gasteiger partial charge in [-0.3, -0.25) is 4.90 Å². The van der Waals surface area contributed by atoms with E-state index in [1.54, 1.807) is 30.1 Å². The maximum Gasteiger partial charge on any atom is 0.319 e. The molecule has 0 spiro atoms. The van der Waals surface area contributed by atoms with Gasteiger partial charge in [0.1, 0.15) is 5.75 Å². The van der Waals surface area contributed by atoms with E-state index in [9.17, 15) is 4.79 Å². The van der Waals surface area contributed by atoms with Crippen LogP contribution in [0.25, 0.3) is 5.69 Å². The Hall–Kier alpha value is -3.03. The number of rotatable bonds is 7. The summed E-state index contributed by atoms with van der Waals surface area (Å²) in [6, 6.07) is 14.9. The number of para-hydroxylation sites is 1. The summed E-state index contributed by atoms with van der Waals surface area (Å²) in [6.45, 7) is 2.50. The molecule has 2 heterocycles. The summed E-state index contributed by atoms with van der Waals surface area (Å²) in [6.07, 6.45) is 5.84. The van der Waals surface area contributed by atoms with Crippen molar-refractivity contribution >= 4 is 23.3 Å². The van der Waals surface area contributed by atoms with Crippen LogP contribution >= 0.6 is 11.6 Å². The lowest BCUT2D eigenvalue weighted by molar-refractivity contribution is 0.224. The van der Waals surface area contributed by atoms with Gasteiger partial charge in [-0.1, -0.05) is 29.8 Å². The molecule has 1 atom stereocenters. The smallest absolute Gasteiger partial charge is 0.319 e. The largest absolute Gasteiger partial charge is 0.496 e. The molecule has 0 radical (unpaired) electrons. The molecule has 0 aliphatic carbocycles. The van der Waals surface area contributed by atoms with Crippen molar-refractivity contribution in [2.75, 3.05) is 32.1 Å². The third-order valence-electron chi connectivity index (χ3n) is 5.49. The molecule has 162 valence electrons. The Labute approximate surface area is 187 Å². The second-order valence-corrected chi connectivity index (χ2v) is 7.86. The second-order valence-electron chi connectivity index (χ2n) is 7.45. The number of urea groups is 1. The maximum absolute atomic E-state index is 12.6. The van der Waals surface area contributed by atoms with Gasteiger partial charge in [0, 0.05) is 30.2 Å². The van der Waals surface area contributed by atoms with Gasteiger partial charge >= 0.3 is 6.03 Å². The highest BCUT2D eigenvalue weighted by atomic mass is 35.5. The third kappa shape index (κ3) is 5.00. The Morgan fingerprint density at radius 3 is 2.71 bits per heavy atom. The van der Waals surface area contributed by atoms with Crippen LogP contribution in [0.15, 0.2) is 60.9 Å². The average Bonchev–Trinajstić information content (AvgIpc) is 3.49. The van der Waals surface area contributed by atoms with E-state index in [4.69, 9.17) is 16.3 Å². The van der Waals surface area contributed by atoms with E-state index in [2.05, 4.69) is 26.7 Å². The Morgan fingerprint density at radius 2 is 2.00 bits per heavy atom. The summed E-state index contributed by atoms with van der Waals surface area (Å²) in [5, 5.41) is 10.6. The molecule has 1 fully saturated rings. The summed E-state index contributed by atoms with van der Waals surface area (Å²) in [5.74, 6) is 0.836. The van der Waals surface area contributed by atoms with Crippen molar-refractivity contribution in [3.05, 3.63) is 71.5 Å². The van der Waals surface area contributed by atoms with Gasteiger partial charge in [0.15, 0.2) is 0 Å². The second kappa shape index (κ2) is 9.85. The minimum Gasteiger partial charge on any atom is -0.496 e. The van der Waals surface area contributed by atoms with Crippen LogP contribution in [0.2, 0.25) is 5.02 Å². The van der Waals surface area contributed by atoms with Crippen LogP contribution in [-0.2, 0) is 0 Å². The maximum atomic E-state index is 12.6. The van der Waals surface area contributed by atoms with E-state index in [0.717, 1.165) is 30.1 Å². The number of amides is 2. The van der Waals surface area contributed by atoms with E-state index in [1.807, 2.05) is 36.5 Å². The van der Waals surface area contributed by atoms with Crippen molar-refractivity contribution in [1.29, 1.82) is 0 Å². The lowest BCUT2D eigenvalue weighted by Gasteiger charge is -2.29. The van der Waals surface area contributed by atoms with Gasteiger partial charge in [-0.25, -0.2) is 9.48 Å². The first kappa shape index (κ1) is 21.2. The molecule has 1 saturated heterocycles. The van der Waals surface area contributed by atoms with Crippen LogP contribution in [0, 0.1) is 0 Å². The normalized spacial score (nSPS) is 14.9. The van der Waals surface area contributed by atoms with Crippen molar-refractivity contribution < 1.29 is 9.53 Å². The number of methoxy groups -OCH3 is 1. The number of carbonyl (C=O) groups excluding carboxylic acids is 1. The van der Waals surface area contributed by atoms with E-state index in [0.29, 0.717) is 17.3 Å². The number of ether oxygens (including phenoxy) is 1. The number of carbonyl (C=O) groups is 1. The first-order valence-electron chi connectivity index (χ1n) is 10.4. The number of anilines is 1. The fourth-order valence-electron chi connectivity index (χ4n) is 3.98. The van der Waals surface area contributed by atoms with Crippen LogP contribution in [0.4, 0.5) is 10.5 Å². The molecular weight excluding hydrogens is 414 g/mol. The van der Waals surface area contributed by atoms with Crippen molar-refractivity contribution in [2.24, 2.45) is 0 Å². The number of hydrogen-bond donors (Lipinski definition) is 2. The van der Waals surface area contributed by atoms with Gasteiger partial charge < -0.3 is 15.4 Å². The highest BCUT2D eigenvalue weighted by Crippen LogP contribution is 2.31. The predicted molar refractivity (Wildman–Crippen MR) is 122 cm³/mol. The summed E-state index contributed by atoms with van der Waals surface area (Å²) < 4.78 is 7.25. The minimum atomic E-state index is -0.276. The number of hydrogen-bond acceptors (Lipinski definition) is 4. The SMILES string of the molecule is COc1ccccc1C(CNC(=O)Nc1ccc(-n2cccn2)c(Cl)c1)N1CCCC1. The van der Waals surface area contributed by atoms with Gasteiger partial charge in [-0.05, 0) is 56.3 Å². The van der Waals surface area contributed by atoms with Crippen LogP contribution in [0.1, 0.15) is 24.4 Å². The van der Waals surface area contributed by atoms with Gasteiger partial charge in [0.25, 0.3) is 0 Å². The molecule has 7 nitrogen and oxygen atoms in total. The molecule has 0 saturated carbocycles. The Bertz CT molecular complexity index is 1020. The summed E-state index contributed by atoms with van der Waals surface area (Å²) in [5.41, 5.74) is 2.45. The van der Waals surface area contributed by atoms with Crippen molar-refractivity contribution in [2.45, 2.75) is 18.9 Å². The average molecular weight is 440 g/mol. The summed E-state index contributed by atoms with van der Waals surface area (Å²) in [4.78, 5) is 15.0. The number of benzene rings is 2. The highest BCUT2D eigenvalue weighted by molar-refractivity contribution is 6.32. The first-order chi connectivity index (χ1) is 15.2. The fourth-order valence-corrected chi connectivity index (χ4v) is 4.24. The van der Waals surface area contributed by atoms with Crippen LogP contribution in [-0.4, -0.2) is 47.5 Å². The molecule has 0 bridgehead atoms. The molecule has 8 heteroatoms. The van der Waals surface area contributed by atoms with Gasteiger partial charge in [-0.15, -0.1) is 0 Å². The summed E-state index contributed by atoms with van der Waals surface area (Å²) >= 11 is 6.38. The standard InChI is InChI=1S/C23H26ClN5O2/c1-31-22-8-3-2-7-18(22)21(28-12-4-5-13-28)16-25-23(30)27-17-9-10-20(19(24)15-17)29-14-6-11-26-29/h2-3,6-11,14-15,21H,4-5,12-13,16H2,1H3,(H2,25,27,30). The Kier molecular flexibility index (Phi) is 6.74. The van der Waals surface area contributed by atoms with E-state index >= 15 is 0 Å². The monoisotopic (exact) mass is 439 g/mol. The topological polar surface area (TPSA) is 71.4 Å². The molecule has 1 unspecified atom stereocenters. The molecule has 1 aromatic heterocycles. The fraction of sp³-hybridized carbons (Fsp3) is 0.304. The number of likely N-dealkylation sites (tertiary alicyclic amines) is 1. The van der Waals surface area contributed by atoms with Crippen LogP contribution < -0.4 is 15.4 Å². The lowest BCUT2D eigenvalue weighted by Crippen LogP contribution is -2.38. The molecular formula is C23H26ClN5O2. The zero-order chi connectivity index (χ0) is 21.6. The van der Waals surface area contributed by atoms with E-state index < -0.39 is 0 Å². The van der Waals surface area contributed by atoms with Gasteiger partial charge in [0.2, 0.25) is 0 Å². The summed E-state index contributed by atoms with van der Waals surface area (Å²) in [7, 11) is 1.68. The molecule has 3 aromatic rings. The van der Waals surface area contributed by atoms with Gasteiger partial charge in [-0.2, -0.15) is 5.10 Å². The Balaban J connectivity index is 1.43. The molecule has 31 heavy (non-hydrogen) atoms. The van der Waals surface area contributed by atoms with Crippen LogP contribution in [0.5, 0.6) is 5.75 Å². The third-order valence-corrected chi connectivity index (χ3v) is 5.79. The zero-order valence-electron chi connectivity index (χ0n) is 17.4. The molecule has 4 rings (SSSR count). The van der Waals surface area contributed by atoms with Crippen molar-refractivity contribution in [3.8, 4) is 11.4 Å². The molecule has 2 amide bonds. The molecule has 1 aliphatic heterocycles. The predicted octanol–water partition coefficient (Wildman–Crippen LogP) is 4.49. The minimum absolute atomic E-state index is 0.0511. The zero-order valence-corrected chi connectivity index (χ0v) is 18.2. The van der Waals surface area contributed by atoms with E-state index in [-0.39, 0.29) is 12.1 Å². The highest BCUT2D eigenvalue weighted by Gasteiger charge is 2.26. The van der Waals surface area contributed by atoms with Crippen LogP contribution in [0.3, 0.4) is 0 Å². The number of halogens is 1. The number of nitrogens with zero attached hydrogens (tertiary/aromatic N) is 3. The molecule has 2 aromatic carbocycles. The number of aromatic nitrogens is 2. The Morgan fingerprint density at radius 1 is 1.19 bits per heavy atom.